The SMILES string of the molecule is CCOP(=O)(Oc1ccc(S(=O)(=O)Oc2ccccc2)cc1)SC(C)CC. The second-order valence-corrected chi connectivity index (χ2v) is 11.5. The number of para-hydroxylation sites is 1. The second-order valence-electron chi connectivity index (χ2n) is 5.60. The van der Waals surface area contributed by atoms with Gasteiger partial charge in [0.05, 0.1) is 6.61 Å². The summed E-state index contributed by atoms with van der Waals surface area (Å²) < 4.78 is 53.5. The third-order valence-electron chi connectivity index (χ3n) is 3.45. The molecule has 148 valence electrons. The predicted molar refractivity (Wildman–Crippen MR) is 108 cm³/mol. The first kappa shape index (κ1) is 21.8. The van der Waals surface area contributed by atoms with Gasteiger partial charge in [-0.15, -0.1) is 0 Å². The maximum atomic E-state index is 12.9. The van der Waals surface area contributed by atoms with E-state index < -0.39 is 16.9 Å². The van der Waals surface area contributed by atoms with Crippen LogP contribution in [0, 0.1) is 0 Å². The number of benzene rings is 2. The molecule has 2 aromatic rings. The summed E-state index contributed by atoms with van der Waals surface area (Å²) >= 11 is 1.15. The molecule has 0 saturated heterocycles. The highest BCUT2D eigenvalue weighted by atomic mass is 32.7. The van der Waals surface area contributed by atoms with E-state index in [2.05, 4.69) is 0 Å². The van der Waals surface area contributed by atoms with Gasteiger partial charge in [0, 0.05) is 5.25 Å². The van der Waals surface area contributed by atoms with Crippen LogP contribution in [0.1, 0.15) is 27.2 Å². The van der Waals surface area contributed by atoms with E-state index in [1.54, 1.807) is 37.3 Å². The molecule has 6 nitrogen and oxygen atoms in total. The molecule has 0 aromatic heterocycles. The van der Waals surface area contributed by atoms with Gasteiger partial charge in [0.1, 0.15) is 16.4 Å². The maximum absolute atomic E-state index is 12.9. The molecular formula is C18H23O6PS2. The van der Waals surface area contributed by atoms with E-state index in [0.717, 1.165) is 17.8 Å². The van der Waals surface area contributed by atoms with Crippen molar-refractivity contribution in [1.82, 2.24) is 0 Å². The van der Waals surface area contributed by atoms with E-state index in [0.29, 0.717) is 0 Å². The van der Waals surface area contributed by atoms with Gasteiger partial charge < -0.3 is 8.71 Å². The predicted octanol–water partition coefficient (Wildman–Crippen LogP) is 5.51. The normalized spacial score (nSPS) is 14.9. The summed E-state index contributed by atoms with van der Waals surface area (Å²) in [5.41, 5.74) is 0. The van der Waals surface area contributed by atoms with Crippen LogP contribution in [0.2, 0.25) is 0 Å². The van der Waals surface area contributed by atoms with Crippen molar-refractivity contribution in [3.8, 4) is 11.5 Å². The molecule has 2 aromatic carbocycles. The lowest BCUT2D eigenvalue weighted by Crippen LogP contribution is -2.09. The summed E-state index contributed by atoms with van der Waals surface area (Å²) in [4.78, 5) is -0.0282. The number of rotatable bonds is 10. The van der Waals surface area contributed by atoms with E-state index >= 15 is 0 Å². The Bertz CT molecular complexity index is 868. The Kier molecular flexibility index (Phi) is 7.79. The third-order valence-corrected chi connectivity index (χ3v) is 9.07. The van der Waals surface area contributed by atoms with Crippen LogP contribution in [0.4, 0.5) is 0 Å². The summed E-state index contributed by atoms with van der Waals surface area (Å²) in [6, 6.07) is 13.8. The van der Waals surface area contributed by atoms with Crippen LogP contribution in [0.15, 0.2) is 59.5 Å². The van der Waals surface area contributed by atoms with Crippen LogP contribution in [0.25, 0.3) is 0 Å². The van der Waals surface area contributed by atoms with Crippen LogP contribution in [0.5, 0.6) is 11.5 Å². The van der Waals surface area contributed by atoms with Crippen molar-refractivity contribution in [3.63, 3.8) is 0 Å². The zero-order valence-electron chi connectivity index (χ0n) is 15.4. The summed E-state index contributed by atoms with van der Waals surface area (Å²) in [5.74, 6) is 0.491. The quantitative estimate of drug-likeness (QED) is 0.363. The molecule has 0 heterocycles. The van der Waals surface area contributed by atoms with Crippen LogP contribution < -0.4 is 8.71 Å². The standard InChI is InChI=1S/C18H23O6PS2/c1-4-15(3)26-25(19,22-5-2)23-16-11-13-18(14-12-16)27(20,21)24-17-9-7-6-8-10-17/h6-15H,4-5H2,1-3H3. The summed E-state index contributed by atoms with van der Waals surface area (Å²) in [6.07, 6.45) is 0.819. The Morgan fingerprint density at radius 3 is 2.19 bits per heavy atom. The zero-order valence-corrected chi connectivity index (χ0v) is 17.9. The lowest BCUT2D eigenvalue weighted by atomic mass is 10.3. The Hall–Kier alpha value is -1.47. The van der Waals surface area contributed by atoms with Crippen molar-refractivity contribution in [2.24, 2.45) is 0 Å². The Morgan fingerprint density at radius 1 is 1.00 bits per heavy atom. The smallest absolute Gasteiger partial charge is 0.417 e. The Balaban J connectivity index is 2.14. The van der Waals surface area contributed by atoms with Gasteiger partial charge in [0.2, 0.25) is 0 Å². The van der Waals surface area contributed by atoms with Gasteiger partial charge in [-0.25, -0.2) is 4.57 Å². The minimum absolute atomic E-state index is 0.0282. The van der Waals surface area contributed by atoms with E-state index in [-0.39, 0.29) is 28.3 Å². The van der Waals surface area contributed by atoms with Gasteiger partial charge in [0.25, 0.3) is 0 Å². The monoisotopic (exact) mass is 430 g/mol. The minimum atomic E-state index is -3.97. The van der Waals surface area contributed by atoms with Crippen LogP contribution in [-0.4, -0.2) is 20.3 Å². The summed E-state index contributed by atoms with van der Waals surface area (Å²) in [5, 5.41) is 0.0984. The van der Waals surface area contributed by atoms with Crippen molar-refractivity contribution in [2.75, 3.05) is 6.61 Å². The number of hydrogen-bond acceptors (Lipinski definition) is 7. The summed E-state index contributed by atoms with van der Waals surface area (Å²) in [6.45, 7) is 2.53. The molecule has 2 unspecified atom stereocenters. The average Bonchev–Trinajstić information content (AvgIpc) is 2.62. The molecule has 0 N–H and O–H groups in total. The van der Waals surface area contributed by atoms with Gasteiger partial charge in [-0.3, -0.25) is 4.52 Å². The molecule has 0 aliphatic rings. The van der Waals surface area contributed by atoms with Crippen LogP contribution in [-0.2, 0) is 19.2 Å². The molecule has 0 saturated carbocycles. The Labute approximate surface area is 164 Å². The van der Waals surface area contributed by atoms with E-state index in [1.807, 2.05) is 13.8 Å². The highest BCUT2D eigenvalue weighted by Gasteiger charge is 2.29. The van der Waals surface area contributed by atoms with Gasteiger partial charge in [-0.05, 0) is 61.1 Å². The minimum Gasteiger partial charge on any atom is -0.417 e. The molecule has 0 fully saturated rings. The number of hydrogen-bond donors (Lipinski definition) is 0. The highest BCUT2D eigenvalue weighted by Crippen LogP contribution is 2.62. The van der Waals surface area contributed by atoms with E-state index in [9.17, 15) is 13.0 Å². The molecule has 0 aliphatic carbocycles. The molecular weight excluding hydrogens is 407 g/mol. The lowest BCUT2D eigenvalue weighted by molar-refractivity contribution is 0.296. The van der Waals surface area contributed by atoms with Crippen molar-refractivity contribution in [2.45, 2.75) is 37.3 Å². The molecule has 27 heavy (non-hydrogen) atoms. The molecule has 2 atom stereocenters. The van der Waals surface area contributed by atoms with Crippen molar-refractivity contribution < 1.29 is 26.2 Å². The van der Waals surface area contributed by atoms with Crippen molar-refractivity contribution in [1.29, 1.82) is 0 Å². The summed E-state index contributed by atoms with van der Waals surface area (Å²) in [7, 11) is -3.97. The fraction of sp³-hybridized carbons (Fsp3) is 0.333. The van der Waals surface area contributed by atoms with Crippen molar-refractivity contribution in [3.05, 3.63) is 54.6 Å². The largest absolute Gasteiger partial charge is 0.440 e. The highest BCUT2D eigenvalue weighted by molar-refractivity contribution is 8.55. The topological polar surface area (TPSA) is 78.9 Å². The van der Waals surface area contributed by atoms with E-state index in [4.69, 9.17) is 13.2 Å². The van der Waals surface area contributed by atoms with Gasteiger partial charge in [-0.2, -0.15) is 8.42 Å². The first-order valence-corrected chi connectivity index (χ1v) is 12.9. The van der Waals surface area contributed by atoms with Crippen LogP contribution >= 0.6 is 18.2 Å². The fourth-order valence-corrected chi connectivity index (χ4v) is 7.01. The van der Waals surface area contributed by atoms with Gasteiger partial charge >= 0.3 is 16.9 Å². The third kappa shape index (κ3) is 6.57. The second kappa shape index (κ2) is 9.64. The molecule has 9 heteroatoms. The molecule has 0 bridgehead atoms. The maximum Gasteiger partial charge on any atom is 0.440 e. The van der Waals surface area contributed by atoms with E-state index in [1.165, 1.54) is 24.3 Å². The first-order valence-electron chi connectivity index (χ1n) is 8.50. The average molecular weight is 430 g/mol. The van der Waals surface area contributed by atoms with Crippen LogP contribution in [0.3, 0.4) is 0 Å². The van der Waals surface area contributed by atoms with Crippen molar-refractivity contribution >= 4 is 28.3 Å². The first-order chi connectivity index (χ1) is 12.8. The molecule has 0 radical (unpaired) electrons. The van der Waals surface area contributed by atoms with Gasteiger partial charge in [0.15, 0.2) is 0 Å². The zero-order chi connectivity index (χ0) is 19.9. The van der Waals surface area contributed by atoms with Gasteiger partial charge in [-0.1, -0.05) is 32.0 Å². The molecule has 0 amide bonds. The lowest BCUT2D eigenvalue weighted by Gasteiger charge is -2.20. The fourth-order valence-electron chi connectivity index (χ4n) is 1.98. The molecule has 0 spiro atoms. The Morgan fingerprint density at radius 2 is 1.63 bits per heavy atom. The molecule has 0 aliphatic heterocycles. The molecule has 2 rings (SSSR count).